The Morgan fingerprint density at radius 3 is 1.57 bits per heavy atom. The van der Waals surface area contributed by atoms with Crippen LogP contribution < -0.4 is 34.5 Å². The molecule has 0 aliphatic heterocycles. The normalized spacial score (nSPS) is 11.1. The average Bonchev–Trinajstić information content (AvgIpc) is 2.05. The molecule has 0 saturated carbocycles. The molecule has 0 amide bonds. The molecule has 0 aromatic carbocycles. The van der Waals surface area contributed by atoms with Crippen molar-refractivity contribution in [2.45, 2.75) is 52.4 Å². The fraction of sp³-hybridized carbons (Fsp3) is 1.00. The third-order valence-corrected chi connectivity index (χ3v) is 4.20. The van der Waals surface area contributed by atoms with Crippen LogP contribution in [0.4, 0.5) is 0 Å². The van der Waals surface area contributed by atoms with E-state index in [2.05, 4.69) is 13.8 Å². The van der Waals surface area contributed by atoms with E-state index in [9.17, 15) is 9.46 Å². The summed E-state index contributed by atoms with van der Waals surface area (Å²) in [6.45, 7) is 4.18. The molecule has 0 unspecified atom stereocenters. The third kappa shape index (κ3) is 11.3. The zero-order valence-electron chi connectivity index (χ0n) is 9.92. The fourth-order valence-corrected chi connectivity index (χ4v) is 2.95. The minimum absolute atomic E-state index is 0. The van der Waals surface area contributed by atoms with Crippen LogP contribution in [0.1, 0.15) is 52.4 Å². The smallest absolute Gasteiger partial charge is 0.799 e. The Morgan fingerprint density at radius 1 is 0.929 bits per heavy atom. The molecule has 2 nitrogen and oxygen atoms in total. The maximum absolute atomic E-state index is 11.4. The molecule has 80 valence electrons. The summed E-state index contributed by atoms with van der Waals surface area (Å²) < 4.78 is 11.4. The van der Waals surface area contributed by atoms with Crippen molar-refractivity contribution in [2.24, 2.45) is 0 Å². The van der Waals surface area contributed by atoms with Gasteiger partial charge in [-0.15, -0.1) is 0 Å². The predicted molar refractivity (Wildman–Crippen MR) is 56.4 cm³/mol. The average molecular weight is 228 g/mol. The third-order valence-electron chi connectivity index (χ3n) is 2.20. The molecule has 0 bridgehead atoms. The van der Waals surface area contributed by atoms with Crippen LogP contribution in [0.3, 0.4) is 0 Å². The SMILES string of the molecule is CCCCCP(=O)([O-])CCCCC.[Na+]. The number of unbranched alkanes of at least 4 members (excludes halogenated alkanes) is 4. The number of hydrogen-bond acceptors (Lipinski definition) is 2. The van der Waals surface area contributed by atoms with Crippen molar-refractivity contribution in [2.75, 3.05) is 12.3 Å². The summed E-state index contributed by atoms with van der Waals surface area (Å²) in [5, 5.41) is 0. The van der Waals surface area contributed by atoms with Gasteiger partial charge in [-0.1, -0.05) is 39.5 Å². The first kappa shape index (κ1) is 17.6. The van der Waals surface area contributed by atoms with Crippen LogP contribution >= 0.6 is 7.37 Å². The Bertz CT molecular complexity index is 148. The van der Waals surface area contributed by atoms with Crippen LogP contribution in [-0.2, 0) is 4.57 Å². The standard InChI is InChI=1S/C10H23O2P.Na/c1-3-5-7-9-13(11,12)10-8-6-4-2;/h3-10H2,1-2H3,(H,11,12);/q;+1/p-1. The summed E-state index contributed by atoms with van der Waals surface area (Å²) in [6.07, 6.45) is 6.81. The second kappa shape index (κ2) is 10.7. The van der Waals surface area contributed by atoms with E-state index >= 15 is 0 Å². The molecule has 14 heavy (non-hydrogen) atoms. The van der Waals surface area contributed by atoms with Crippen molar-refractivity contribution in [3.63, 3.8) is 0 Å². The molecular weight excluding hydrogens is 206 g/mol. The fourth-order valence-electron chi connectivity index (χ4n) is 1.32. The zero-order chi connectivity index (χ0) is 10.2. The van der Waals surface area contributed by atoms with Crippen molar-refractivity contribution in [3.8, 4) is 0 Å². The van der Waals surface area contributed by atoms with Gasteiger partial charge in [0.25, 0.3) is 0 Å². The molecule has 0 aromatic heterocycles. The van der Waals surface area contributed by atoms with Gasteiger partial charge < -0.3 is 9.46 Å². The first-order valence-corrected chi connectivity index (χ1v) is 7.41. The summed E-state index contributed by atoms with van der Waals surface area (Å²) >= 11 is 0. The Balaban J connectivity index is 0. The second-order valence-electron chi connectivity index (χ2n) is 3.68. The number of hydrogen-bond donors (Lipinski definition) is 0. The van der Waals surface area contributed by atoms with Crippen LogP contribution in [0.5, 0.6) is 0 Å². The van der Waals surface area contributed by atoms with E-state index in [-0.39, 0.29) is 29.6 Å². The van der Waals surface area contributed by atoms with E-state index < -0.39 is 7.37 Å². The van der Waals surface area contributed by atoms with Crippen molar-refractivity contribution < 1.29 is 39.0 Å². The molecule has 0 atom stereocenters. The molecule has 0 saturated heterocycles. The van der Waals surface area contributed by atoms with Gasteiger partial charge in [-0.25, -0.2) is 0 Å². The Kier molecular flexibility index (Phi) is 13.4. The minimum atomic E-state index is -3.00. The van der Waals surface area contributed by atoms with E-state index in [1.165, 1.54) is 0 Å². The van der Waals surface area contributed by atoms with Crippen molar-refractivity contribution in [3.05, 3.63) is 0 Å². The Labute approximate surface area is 111 Å². The van der Waals surface area contributed by atoms with Gasteiger partial charge in [0.2, 0.25) is 0 Å². The van der Waals surface area contributed by atoms with Gasteiger partial charge in [0.15, 0.2) is 0 Å². The molecule has 0 aliphatic rings. The molecule has 0 radical (unpaired) electrons. The molecular formula is C10H22NaO2P. The summed E-state index contributed by atoms with van der Waals surface area (Å²) in [5.74, 6) is 0. The van der Waals surface area contributed by atoms with Crippen LogP contribution in [0.2, 0.25) is 0 Å². The van der Waals surface area contributed by atoms with Gasteiger partial charge in [0.05, 0.1) is 0 Å². The quantitative estimate of drug-likeness (QED) is 0.333. The molecule has 0 N–H and O–H groups in total. The number of rotatable bonds is 8. The van der Waals surface area contributed by atoms with Gasteiger partial charge in [-0.3, -0.25) is 0 Å². The summed E-state index contributed by atoms with van der Waals surface area (Å²) in [7, 11) is -3.00. The maximum Gasteiger partial charge on any atom is 1.00 e. The summed E-state index contributed by atoms with van der Waals surface area (Å²) in [6, 6.07) is 0. The second-order valence-corrected chi connectivity index (χ2v) is 6.20. The monoisotopic (exact) mass is 228 g/mol. The van der Waals surface area contributed by atoms with Crippen LogP contribution in [0.15, 0.2) is 0 Å². The molecule has 0 fully saturated rings. The molecule has 0 aliphatic carbocycles. The van der Waals surface area contributed by atoms with E-state index in [0.717, 1.165) is 38.5 Å². The Hall–Kier alpha value is 1.19. The van der Waals surface area contributed by atoms with E-state index in [4.69, 9.17) is 0 Å². The molecule has 0 spiro atoms. The zero-order valence-corrected chi connectivity index (χ0v) is 12.8. The van der Waals surface area contributed by atoms with Gasteiger partial charge in [-0.2, -0.15) is 0 Å². The minimum Gasteiger partial charge on any atom is -0.799 e. The first-order chi connectivity index (χ1) is 6.12. The van der Waals surface area contributed by atoms with E-state index in [0.29, 0.717) is 12.3 Å². The van der Waals surface area contributed by atoms with Gasteiger partial charge >= 0.3 is 29.6 Å². The van der Waals surface area contributed by atoms with Crippen molar-refractivity contribution in [1.29, 1.82) is 0 Å². The predicted octanol–water partition coefficient (Wildman–Crippen LogP) is 0.00920. The van der Waals surface area contributed by atoms with Gasteiger partial charge in [0.1, 0.15) is 0 Å². The largest absolute Gasteiger partial charge is 1.00 e. The van der Waals surface area contributed by atoms with Gasteiger partial charge in [0, 0.05) is 7.37 Å². The van der Waals surface area contributed by atoms with Gasteiger partial charge in [-0.05, 0) is 25.2 Å². The maximum atomic E-state index is 11.4. The molecule has 0 aromatic rings. The van der Waals surface area contributed by atoms with Crippen molar-refractivity contribution in [1.82, 2.24) is 0 Å². The van der Waals surface area contributed by atoms with Crippen molar-refractivity contribution >= 4 is 7.37 Å². The van der Waals surface area contributed by atoms with E-state index in [1.807, 2.05) is 0 Å². The summed E-state index contributed by atoms with van der Waals surface area (Å²) in [4.78, 5) is 11.4. The molecule has 4 heteroatoms. The van der Waals surface area contributed by atoms with E-state index in [1.54, 1.807) is 0 Å². The first-order valence-electron chi connectivity index (χ1n) is 5.41. The summed E-state index contributed by atoms with van der Waals surface area (Å²) in [5.41, 5.74) is 0. The van der Waals surface area contributed by atoms with Crippen LogP contribution in [0.25, 0.3) is 0 Å². The Morgan fingerprint density at radius 2 is 1.29 bits per heavy atom. The van der Waals surface area contributed by atoms with Crippen LogP contribution in [0, 0.1) is 0 Å². The molecule has 0 heterocycles. The molecule has 0 rings (SSSR count). The van der Waals surface area contributed by atoms with Crippen LogP contribution in [-0.4, -0.2) is 12.3 Å². The topological polar surface area (TPSA) is 40.1 Å².